The Balaban J connectivity index is 1.80. The first kappa shape index (κ1) is 15.1. The van der Waals surface area contributed by atoms with Crippen LogP contribution < -0.4 is 0 Å². The zero-order chi connectivity index (χ0) is 15.5. The van der Waals surface area contributed by atoms with Crippen molar-refractivity contribution in [3.05, 3.63) is 59.1 Å². The zero-order valence-corrected chi connectivity index (χ0v) is 13.7. The van der Waals surface area contributed by atoms with Gasteiger partial charge in [0.1, 0.15) is 5.03 Å². The van der Waals surface area contributed by atoms with Gasteiger partial charge in [0.05, 0.1) is 10.3 Å². The van der Waals surface area contributed by atoms with Gasteiger partial charge in [-0.3, -0.25) is 0 Å². The van der Waals surface area contributed by atoms with Gasteiger partial charge in [-0.05, 0) is 38.1 Å². The number of hydrogen-bond acceptors (Lipinski definition) is 5. The molecule has 0 saturated heterocycles. The van der Waals surface area contributed by atoms with E-state index >= 15 is 0 Å². The van der Waals surface area contributed by atoms with Crippen LogP contribution in [0, 0.1) is 6.92 Å². The summed E-state index contributed by atoms with van der Waals surface area (Å²) >= 11 is 7.62. The summed E-state index contributed by atoms with van der Waals surface area (Å²) in [5.74, 6) is 1.08. The predicted octanol–water partition coefficient (Wildman–Crippen LogP) is 4.95. The lowest BCUT2D eigenvalue weighted by molar-refractivity contribution is 0.509. The summed E-state index contributed by atoms with van der Waals surface area (Å²) in [6, 6.07) is 11.6. The maximum Gasteiger partial charge on any atom is 0.247 e. The van der Waals surface area contributed by atoms with Crippen molar-refractivity contribution in [3.8, 4) is 11.5 Å². The van der Waals surface area contributed by atoms with E-state index in [-0.39, 0.29) is 5.25 Å². The highest BCUT2D eigenvalue weighted by Gasteiger charge is 2.18. The molecule has 112 valence electrons. The van der Waals surface area contributed by atoms with Gasteiger partial charge in [-0.15, -0.1) is 10.2 Å². The highest BCUT2D eigenvalue weighted by Crippen LogP contribution is 2.37. The Kier molecular flexibility index (Phi) is 4.45. The van der Waals surface area contributed by atoms with Crippen molar-refractivity contribution in [3.63, 3.8) is 0 Å². The van der Waals surface area contributed by atoms with E-state index in [4.69, 9.17) is 16.0 Å². The van der Waals surface area contributed by atoms with Crippen LogP contribution in [0.25, 0.3) is 11.5 Å². The second-order valence-corrected chi connectivity index (χ2v) is 6.60. The standard InChI is InChI=1S/C16H14ClN3OS/c1-10-5-3-6-12(9-10)15-20-19-14(21-15)11(2)22-16-13(17)7-4-8-18-16/h3-9,11H,1-2H3. The van der Waals surface area contributed by atoms with Crippen molar-refractivity contribution >= 4 is 23.4 Å². The molecule has 0 bridgehead atoms. The van der Waals surface area contributed by atoms with Crippen LogP contribution >= 0.6 is 23.4 Å². The number of aryl methyl sites for hydroxylation is 1. The Hall–Kier alpha value is -1.85. The summed E-state index contributed by atoms with van der Waals surface area (Å²) in [4.78, 5) is 4.26. The fraction of sp³-hybridized carbons (Fsp3) is 0.188. The molecule has 3 rings (SSSR count). The molecule has 0 radical (unpaired) electrons. The number of hydrogen-bond donors (Lipinski definition) is 0. The summed E-state index contributed by atoms with van der Waals surface area (Å²) in [5, 5.41) is 9.62. The molecule has 0 fully saturated rings. The van der Waals surface area contributed by atoms with E-state index in [1.165, 1.54) is 11.8 Å². The first-order valence-corrected chi connectivity index (χ1v) is 8.07. The molecular weight excluding hydrogens is 318 g/mol. The van der Waals surface area contributed by atoms with Gasteiger partial charge >= 0.3 is 0 Å². The number of aromatic nitrogens is 3. The zero-order valence-electron chi connectivity index (χ0n) is 12.2. The van der Waals surface area contributed by atoms with Gasteiger partial charge in [0.2, 0.25) is 11.8 Å². The minimum atomic E-state index is -0.0292. The van der Waals surface area contributed by atoms with Crippen molar-refractivity contribution in [2.45, 2.75) is 24.1 Å². The van der Waals surface area contributed by atoms with E-state index in [0.29, 0.717) is 16.8 Å². The van der Waals surface area contributed by atoms with Gasteiger partial charge in [-0.1, -0.05) is 41.1 Å². The maximum atomic E-state index is 6.12. The Morgan fingerprint density at radius 2 is 2.05 bits per heavy atom. The lowest BCUT2D eigenvalue weighted by Gasteiger charge is -2.06. The molecule has 0 aliphatic rings. The van der Waals surface area contributed by atoms with E-state index in [1.54, 1.807) is 12.3 Å². The van der Waals surface area contributed by atoms with Crippen LogP contribution in [0.2, 0.25) is 5.02 Å². The molecule has 0 aliphatic carbocycles. The van der Waals surface area contributed by atoms with E-state index in [1.807, 2.05) is 44.2 Å². The predicted molar refractivity (Wildman–Crippen MR) is 88.0 cm³/mol. The van der Waals surface area contributed by atoms with Crippen LogP contribution in [0.1, 0.15) is 23.6 Å². The number of pyridine rings is 1. The van der Waals surface area contributed by atoms with Crippen molar-refractivity contribution in [1.82, 2.24) is 15.2 Å². The van der Waals surface area contributed by atoms with Crippen LogP contribution in [0.4, 0.5) is 0 Å². The van der Waals surface area contributed by atoms with Gasteiger partial charge < -0.3 is 4.42 Å². The van der Waals surface area contributed by atoms with E-state index in [9.17, 15) is 0 Å². The average molecular weight is 332 g/mol. The minimum Gasteiger partial charge on any atom is -0.419 e. The number of benzene rings is 1. The summed E-state index contributed by atoms with van der Waals surface area (Å²) < 4.78 is 5.78. The molecule has 0 N–H and O–H groups in total. The second kappa shape index (κ2) is 6.50. The van der Waals surface area contributed by atoms with Crippen LogP contribution in [0.5, 0.6) is 0 Å². The highest BCUT2D eigenvalue weighted by molar-refractivity contribution is 7.99. The molecule has 1 atom stereocenters. The first-order chi connectivity index (χ1) is 10.6. The van der Waals surface area contributed by atoms with Gasteiger partial charge in [-0.25, -0.2) is 4.98 Å². The number of thioether (sulfide) groups is 1. The average Bonchev–Trinajstić information content (AvgIpc) is 2.99. The van der Waals surface area contributed by atoms with Crippen molar-refractivity contribution < 1.29 is 4.42 Å². The van der Waals surface area contributed by atoms with Crippen LogP contribution in [0.3, 0.4) is 0 Å². The molecule has 1 unspecified atom stereocenters. The summed E-state index contributed by atoms with van der Waals surface area (Å²) in [6.45, 7) is 4.02. The van der Waals surface area contributed by atoms with Gasteiger partial charge in [0.15, 0.2) is 0 Å². The third kappa shape index (κ3) is 3.31. The van der Waals surface area contributed by atoms with E-state index in [0.717, 1.165) is 16.2 Å². The molecule has 0 spiro atoms. The number of nitrogens with zero attached hydrogens (tertiary/aromatic N) is 3. The molecule has 2 aromatic heterocycles. The quantitative estimate of drug-likeness (QED) is 0.633. The third-order valence-corrected chi connectivity index (χ3v) is 4.59. The van der Waals surface area contributed by atoms with Crippen LogP contribution in [-0.4, -0.2) is 15.2 Å². The molecule has 1 aromatic carbocycles. The molecule has 4 nitrogen and oxygen atoms in total. The lowest BCUT2D eigenvalue weighted by atomic mass is 10.1. The van der Waals surface area contributed by atoms with Crippen LogP contribution in [-0.2, 0) is 0 Å². The molecule has 22 heavy (non-hydrogen) atoms. The normalized spacial score (nSPS) is 12.3. The Morgan fingerprint density at radius 3 is 2.82 bits per heavy atom. The van der Waals surface area contributed by atoms with Gasteiger partial charge in [-0.2, -0.15) is 0 Å². The van der Waals surface area contributed by atoms with Crippen molar-refractivity contribution in [2.75, 3.05) is 0 Å². The molecule has 6 heteroatoms. The van der Waals surface area contributed by atoms with E-state index in [2.05, 4.69) is 15.2 Å². The molecule has 0 amide bonds. The largest absolute Gasteiger partial charge is 0.419 e. The fourth-order valence-electron chi connectivity index (χ4n) is 1.97. The first-order valence-electron chi connectivity index (χ1n) is 6.81. The Morgan fingerprint density at radius 1 is 1.18 bits per heavy atom. The van der Waals surface area contributed by atoms with E-state index < -0.39 is 0 Å². The number of halogens is 1. The molecule has 3 aromatic rings. The topological polar surface area (TPSA) is 51.8 Å². The maximum absolute atomic E-state index is 6.12. The summed E-state index contributed by atoms with van der Waals surface area (Å²) in [7, 11) is 0. The fourth-order valence-corrected chi connectivity index (χ4v) is 3.06. The Bertz CT molecular complexity index is 790. The lowest BCUT2D eigenvalue weighted by Crippen LogP contribution is -1.90. The molecular formula is C16H14ClN3OS. The smallest absolute Gasteiger partial charge is 0.247 e. The van der Waals surface area contributed by atoms with Crippen LogP contribution in [0.15, 0.2) is 52.0 Å². The highest BCUT2D eigenvalue weighted by atomic mass is 35.5. The van der Waals surface area contributed by atoms with Crippen molar-refractivity contribution in [2.24, 2.45) is 0 Å². The molecule has 2 heterocycles. The van der Waals surface area contributed by atoms with Crippen molar-refractivity contribution in [1.29, 1.82) is 0 Å². The van der Waals surface area contributed by atoms with Gasteiger partial charge in [0, 0.05) is 11.8 Å². The summed E-state index contributed by atoms with van der Waals surface area (Å²) in [6.07, 6.45) is 1.72. The molecule has 0 aliphatic heterocycles. The van der Waals surface area contributed by atoms with Gasteiger partial charge in [0.25, 0.3) is 0 Å². The minimum absolute atomic E-state index is 0.0292. The SMILES string of the molecule is Cc1cccc(-c2nnc(C(C)Sc3ncccc3Cl)o2)c1. The second-order valence-electron chi connectivity index (χ2n) is 4.87. The molecule has 0 saturated carbocycles. The Labute approximate surface area is 137 Å². The summed E-state index contributed by atoms with van der Waals surface area (Å²) in [5.41, 5.74) is 2.08. The number of rotatable bonds is 4. The third-order valence-electron chi connectivity index (χ3n) is 3.07. The monoisotopic (exact) mass is 331 g/mol.